The highest BCUT2D eigenvalue weighted by atomic mass is 32.2. The highest BCUT2D eigenvalue weighted by Gasteiger charge is 2.38. The first-order valence-electron chi connectivity index (χ1n) is 11.9. The van der Waals surface area contributed by atoms with E-state index in [4.69, 9.17) is 12.2 Å². The smallest absolute Gasteiger partial charge is 0.270 e. The second kappa shape index (κ2) is 9.63. The molecule has 0 radical (unpaired) electrons. The molecule has 0 spiro atoms. The number of hydrogen-bond acceptors (Lipinski definition) is 6. The number of rotatable bonds is 3. The van der Waals surface area contributed by atoms with Gasteiger partial charge in [0.1, 0.15) is 21.8 Å². The first kappa shape index (κ1) is 24.0. The maximum atomic E-state index is 13.4. The van der Waals surface area contributed by atoms with Gasteiger partial charge in [-0.05, 0) is 49.7 Å². The summed E-state index contributed by atoms with van der Waals surface area (Å²) in [5.41, 5.74) is 1.25. The van der Waals surface area contributed by atoms with Gasteiger partial charge in [0, 0.05) is 31.7 Å². The van der Waals surface area contributed by atoms with E-state index in [-0.39, 0.29) is 23.1 Å². The third kappa shape index (κ3) is 4.50. The molecule has 0 aromatic carbocycles. The number of thioether (sulfide) groups is 1. The largest absolute Gasteiger partial charge is 0.357 e. The average molecular weight is 485 g/mol. The second-order valence-electron chi connectivity index (χ2n) is 9.91. The standard InChI is InChI=1S/C25H32N4O2S2/c1-15-10-16(2)14-28(13-15)22-19(17(3)20(12-26)23(30)27(22)4)11-21-24(31)29(25(32)33-21)18-8-6-5-7-9-18/h11,15-16,18H,5-10,13-14H2,1-4H3/b21-11+. The van der Waals surface area contributed by atoms with Gasteiger partial charge in [0.05, 0.1) is 4.91 Å². The van der Waals surface area contributed by atoms with Gasteiger partial charge in [-0.1, -0.05) is 57.1 Å². The van der Waals surface area contributed by atoms with E-state index >= 15 is 0 Å². The van der Waals surface area contributed by atoms with E-state index in [0.29, 0.717) is 26.6 Å². The van der Waals surface area contributed by atoms with E-state index in [1.807, 2.05) is 13.0 Å². The van der Waals surface area contributed by atoms with Gasteiger partial charge in [-0.2, -0.15) is 5.26 Å². The summed E-state index contributed by atoms with van der Waals surface area (Å²) in [5.74, 6) is 1.74. The van der Waals surface area contributed by atoms with Crippen molar-refractivity contribution in [2.45, 2.75) is 65.3 Å². The van der Waals surface area contributed by atoms with Crippen LogP contribution in [0.15, 0.2) is 9.70 Å². The zero-order chi connectivity index (χ0) is 23.9. The second-order valence-corrected chi connectivity index (χ2v) is 11.6. The van der Waals surface area contributed by atoms with Crippen LogP contribution < -0.4 is 10.5 Å². The van der Waals surface area contributed by atoms with E-state index < -0.39 is 0 Å². The molecule has 1 aromatic heterocycles. The summed E-state index contributed by atoms with van der Waals surface area (Å²) in [7, 11) is 1.73. The SMILES string of the molecule is Cc1c(/C=C2/SC(=S)N(C3CCCCC3)C2=O)c(N2CC(C)CC(C)C2)n(C)c(=O)c1C#N. The van der Waals surface area contributed by atoms with Crippen molar-refractivity contribution in [2.75, 3.05) is 18.0 Å². The van der Waals surface area contributed by atoms with E-state index in [0.717, 1.165) is 56.6 Å². The summed E-state index contributed by atoms with van der Waals surface area (Å²) in [6.07, 6.45) is 8.47. The minimum Gasteiger partial charge on any atom is -0.357 e. The molecule has 3 heterocycles. The van der Waals surface area contributed by atoms with E-state index in [1.54, 1.807) is 16.5 Å². The number of piperidine rings is 1. The first-order chi connectivity index (χ1) is 15.7. The van der Waals surface area contributed by atoms with Crippen LogP contribution in [-0.4, -0.2) is 38.8 Å². The van der Waals surface area contributed by atoms with Crippen molar-refractivity contribution < 1.29 is 4.79 Å². The Morgan fingerprint density at radius 3 is 2.36 bits per heavy atom. The molecule has 1 saturated carbocycles. The molecule has 3 fully saturated rings. The topological polar surface area (TPSA) is 69.3 Å². The van der Waals surface area contributed by atoms with Crippen molar-refractivity contribution >= 4 is 46.1 Å². The van der Waals surface area contributed by atoms with Crippen LogP contribution in [0.25, 0.3) is 6.08 Å². The lowest BCUT2D eigenvalue weighted by Gasteiger charge is -2.38. The molecule has 6 nitrogen and oxygen atoms in total. The van der Waals surface area contributed by atoms with Gasteiger partial charge in [0.25, 0.3) is 11.5 Å². The third-order valence-corrected chi connectivity index (χ3v) is 8.51. The van der Waals surface area contributed by atoms with Crippen molar-refractivity contribution in [3.8, 4) is 6.07 Å². The fourth-order valence-corrected chi connectivity index (χ4v) is 7.08. The summed E-state index contributed by atoms with van der Waals surface area (Å²) >= 11 is 6.96. The number of anilines is 1. The fraction of sp³-hybridized carbons (Fsp3) is 0.600. The molecule has 1 amide bonds. The molecule has 8 heteroatoms. The predicted octanol–water partition coefficient (Wildman–Crippen LogP) is 4.58. The van der Waals surface area contributed by atoms with Crippen molar-refractivity contribution in [1.82, 2.24) is 9.47 Å². The zero-order valence-electron chi connectivity index (χ0n) is 19.9. The lowest BCUT2D eigenvalue weighted by Crippen LogP contribution is -2.42. The van der Waals surface area contributed by atoms with Gasteiger partial charge in [-0.25, -0.2) is 0 Å². The minimum atomic E-state index is -0.289. The summed E-state index contributed by atoms with van der Waals surface area (Å²) < 4.78 is 2.20. The molecule has 2 atom stereocenters. The minimum absolute atomic E-state index is 0.0463. The highest BCUT2D eigenvalue weighted by molar-refractivity contribution is 8.26. The number of pyridine rings is 1. The van der Waals surface area contributed by atoms with Gasteiger partial charge in [0.15, 0.2) is 0 Å². The molecule has 2 saturated heterocycles. The number of carbonyl (C=O) groups excluding carboxylic acids is 1. The molecule has 3 aliphatic rings. The molecule has 1 aromatic rings. The number of hydrogen-bond donors (Lipinski definition) is 0. The molecule has 2 unspecified atom stereocenters. The maximum absolute atomic E-state index is 13.4. The summed E-state index contributed by atoms with van der Waals surface area (Å²) in [5, 5.41) is 9.70. The third-order valence-electron chi connectivity index (χ3n) is 7.18. The zero-order valence-corrected chi connectivity index (χ0v) is 21.5. The maximum Gasteiger partial charge on any atom is 0.270 e. The molecule has 2 aliphatic heterocycles. The summed E-state index contributed by atoms with van der Waals surface area (Å²) in [6.45, 7) is 7.95. The molecular formula is C25H32N4O2S2. The van der Waals surface area contributed by atoms with Crippen LogP contribution >= 0.6 is 24.0 Å². The Morgan fingerprint density at radius 1 is 1.12 bits per heavy atom. The first-order valence-corrected chi connectivity index (χ1v) is 13.1. The molecule has 176 valence electrons. The monoisotopic (exact) mass is 484 g/mol. The molecule has 0 N–H and O–H groups in total. The Balaban J connectivity index is 1.81. The van der Waals surface area contributed by atoms with Crippen LogP contribution in [0.1, 0.15) is 69.1 Å². The normalized spacial score (nSPS) is 25.7. The number of nitrogens with zero attached hydrogens (tertiary/aromatic N) is 4. The van der Waals surface area contributed by atoms with Gasteiger partial charge >= 0.3 is 0 Å². The predicted molar refractivity (Wildman–Crippen MR) is 138 cm³/mol. The van der Waals surface area contributed by atoms with Gasteiger partial charge in [-0.15, -0.1) is 0 Å². The van der Waals surface area contributed by atoms with Crippen molar-refractivity contribution in [2.24, 2.45) is 18.9 Å². The van der Waals surface area contributed by atoms with Crippen LogP contribution in [0.4, 0.5) is 5.82 Å². The number of amides is 1. The summed E-state index contributed by atoms with van der Waals surface area (Å²) in [4.78, 5) is 31.1. The Hall–Kier alpha value is -2.11. The van der Waals surface area contributed by atoms with Gasteiger partial charge in [-0.3, -0.25) is 19.1 Å². The molecule has 0 bridgehead atoms. The average Bonchev–Trinajstić information content (AvgIpc) is 3.05. The van der Waals surface area contributed by atoms with Crippen LogP contribution in [0.3, 0.4) is 0 Å². The van der Waals surface area contributed by atoms with Crippen LogP contribution in [0.2, 0.25) is 0 Å². The fourth-order valence-electron chi connectivity index (χ4n) is 5.70. The molecule has 1 aliphatic carbocycles. The Labute approximate surface area is 205 Å². The van der Waals surface area contributed by atoms with Crippen LogP contribution in [0, 0.1) is 30.1 Å². The van der Waals surface area contributed by atoms with E-state index in [9.17, 15) is 14.9 Å². The van der Waals surface area contributed by atoms with E-state index in [1.165, 1.54) is 18.2 Å². The molecule has 4 rings (SSSR count). The number of nitriles is 1. The molecular weight excluding hydrogens is 452 g/mol. The Bertz CT molecular complexity index is 1100. The highest BCUT2D eigenvalue weighted by Crippen LogP contribution is 2.39. The van der Waals surface area contributed by atoms with Gasteiger partial charge in [0.2, 0.25) is 0 Å². The van der Waals surface area contributed by atoms with Crippen LogP contribution in [0.5, 0.6) is 0 Å². The van der Waals surface area contributed by atoms with Crippen molar-refractivity contribution in [3.63, 3.8) is 0 Å². The van der Waals surface area contributed by atoms with Crippen molar-refractivity contribution in [3.05, 3.63) is 31.9 Å². The summed E-state index contributed by atoms with van der Waals surface area (Å²) in [6, 6.07) is 2.27. The molecule has 33 heavy (non-hydrogen) atoms. The lowest BCUT2D eigenvalue weighted by atomic mass is 9.91. The van der Waals surface area contributed by atoms with Crippen molar-refractivity contribution in [1.29, 1.82) is 5.26 Å². The number of thiocarbonyl (C=S) groups is 1. The Kier molecular flexibility index (Phi) is 7.01. The Morgan fingerprint density at radius 2 is 1.76 bits per heavy atom. The number of aromatic nitrogens is 1. The lowest BCUT2D eigenvalue weighted by molar-refractivity contribution is -0.124. The van der Waals surface area contributed by atoms with Gasteiger partial charge < -0.3 is 4.90 Å². The number of carbonyl (C=O) groups is 1. The quantitative estimate of drug-likeness (QED) is 0.462. The van der Waals surface area contributed by atoms with E-state index in [2.05, 4.69) is 24.8 Å². The van der Waals surface area contributed by atoms with Crippen LogP contribution in [-0.2, 0) is 11.8 Å².